The predicted octanol–water partition coefficient (Wildman–Crippen LogP) is 8.79. The van der Waals surface area contributed by atoms with Gasteiger partial charge in [-0.25, -0.2) is 4.39 Å². The molecular weight excluding hydrogens is 510 g/mol. The number of hydrogen-bond donors (Lipinski definition) is 0. The van der Waals surface area contributed by atoms with Gasteiger partial charge in [-0.3, -0.25) is 0 Å². The van der Waals surface area contributed by atoms with E-state index in [0.29, 0.717) is 23.6 Å². The Morgan fingerprint density at radius 2 is 1.37 bits per heavy atom. The summed E-state index contributed by atoms with van der Waals surface area (Å²) in [6.07, 6.45) is -2.77. The monoisotopic (exact) mass is 536 g/mol. The summed E-state index contributed by atoms with van der Waals surface area (Å²) in [5.41, 5.74) is 2.15. The van der Waals surface area contributed by atoms with E-state index in [1.807, 2.05) is 24.3 Å². The lowest BCUT2D eigenvalue weighted by Gasteiger charge is -2.38. The van der Waals surface area contributed by atoms with Gasteiger partial charge in [-0.2, -0.15) is 8.78 Å². The third-order valence-electron chi connectivity index (χ3n) is 7.34. The van der Waals surface area contributed by atoms with E-state index in [1.54, 1.807) is 0 Å². The van der Waals surface area contributed by atoms with Crippen molar-refractivity contribution < 1.29 is 40.6 Å². The summed E-state index contributed by atoms with van der Waals surface area (Å²) in [6, 6.07) is 15.0. The highest BCUT2D eigenvalue weighted by molar-refractivity contribution is 5.64. The average Bonchev–Trinajstić information content (AvgIpc) is 2.85. The lowest BCUT2D eigenvalue weighted by atomic mass is 9.73. The molecule has 2 atom stereocenters. The Labute approximate surface area is 216 Å². The number of rotatable bonds is 7. The summed E-state index contributed by atoms with van der Waals surface area (Å²) in [5, 5.41) is 0. The van der Waals surface area contributed by atoms with E-state index in [0.717, 1.165) is 36.1 Å². The van der Waals surface area contributed by atoms with Crippen molar-refractivity contribution in [2.24, 2.45) is 11.8 Å². The normalized spacial score (nSPS) is 20.6. The molecule has 2 fully saturated rings. The Bertz CT molecular complexity index is 1230. The van der Waals surface area contributed by atoms with Gasteiger partial charge in [0.2, 0.25) is 0 Å². The highest BCUT2D eigenvalue weighted by atomic mass is 19.4. The van der Waals surface area contributed by atoms with Gasteiger partial charge in [0, 0.05) is 6.07 Å². The predicted molar refractivity (Wildman–Crippen MR) is 128 cm³/mol. The van der Waals surface area contributed by atoms with Gasteiger partial charge in [-0.1, -0.05) is 55.7 Å². The zero-order valence-corrected chi connectivity index (χ0v) is 20.3. The van der Waals surface area contributed by atoms with E-state index in [1.165, 1.54) is 49.9 Å². The first kappa shape index (κ1) is 26.4. The second-order valence-electron chi connectivity index (χ2n) is 9.81. The molecule has 3 nitrogen and oxygen atoms in total. The summed E-state index contributed by atoms with van der Waals surface area (Å²) in [4.78, 5) is 0. The molecule has 1 aliphatic carbocycles. The van der Waals surface area contributed by atoms with Crippen LogP contribution in [0.3, 0.4) is 0 Å². The molecule has 1 saturated heterocycles. The van der Waals surface area contributed by atoms with Gasteiger partial charge in [0.1, 0.15) is 5.75 Å². The molecule has 0 N–H and O–H groups in total. The summed E-state index contributed by atoms with van der Waals surface area (Å²) in [5.74, 6) is -1.78. The Morgan fingerprint density at radius 1 is 0.711 bits per heavy atom. The highest BCUT2D eigenvalue weighted by Gasteiger charge is 2.36. The number of ether oxygens (including phenoxy) is 3. The lowest BCUT2D eigenvalue weighted by Crippen LogP contribution is -2.30. The number of halogens is 6. The Morgan fingerprint density at radius 3 is 1.89 bits per heavy atom. The van der Waals surface area contributed by atoms with E-state index in [4.69, 9.17) is 4.74 Å². The van der Waals surface area contributed by atoms with Crippen LogP contribution in [0.15, 0.2) is 66.7 Å². The van der Waals surface area contributed by atoms with Crippen LogP contribution in [-0.2, 0) is 10.8 Å². The Kier molecular flexibility index (Phi) is 7.31. The van der Waals surface area contributed by atoms with Gasteiger partial charge in [-0.05, 0) is 65.6 Å². The number of hydrogen-bond acceptors (Lipinski definition) is 3. The molecule has 202 valence electrons. The van der Waals surface area contributed by atoms with Gasteiger partial charge in [0.15, 0.2) is 11.6 Å². The van der Waals surface area contributed by atoms with E-state index < -0.39 is 35.4 Å². The second-order valence-corrected chi connectivity index (χ2v) is 9.81. The first-order valence-corrected chi connectivity index (χ1v) is 12.5. The van der Waals surface area contributed by atoms with Crippen LogP contribution in [0.4, 0.5) is 26.3 Å². The van der Waals surface area contributed by atoms with Crippen LogP contribution in [0.2, 0.25) is 0 Å². The molecule has 0 spiro atoms. The van der Waals surface area contributed by atoms with Gasteiger partial charge in [0.05, 0.1) is 18.3 Å². The van der Waals surface area contributed by atoms with Crippen LogP contribution in [0, 0.1) is 17.7 Å². The summed E-state index contributed by atoms with van der Waals surface area (Å²) < 4.78 is 94.3. The maximum absolute atomic E-state index is 14.7. The van der Waals surface area contributed by atoms with E-state index in [-0.39, 0.29) is 6.10 Å². The van der Waals surface area contributed by atoms with Gasteiger partial charge < -0.3 is 14.2 Å². The standard InChI is InChI=1S/C29H26F6O3/c30-25-16-24(13-15-27(25)38-29(33,34)35)37-28(31,32)23-11-8-20(9-12-23)19-4-6-21(7-5-19)26-14-10-22(17-36-26)18-2-1-3-18/h4-9,11-13,15-16,18,22,26H,1-3,10,14,17H2. The molecule has 1 aliphatic heterocycles. The fraction of sp³-hybridized carbons (Fsp3) is 0.379. The van der Waals surface area contributed by atoms with Crippen LogP contribution >= 0.6 is 0 Å². The lowest BCUT2D eigenvalue weighted by molar-refractivity contribution is -0.275. The Hall–Kier alpha value is -3.20. The fourth-order valence-corrected chi connectivity index (χ4v) is 5.02. The van der Waals surface area contributed by atoms with Crippen molar-refractivity contribution in [3.63, 3.8) is 0 Å². The summed E-state index contributed by atoms with van der Waals surface area (Å²) in [7, 11) is 0. The molecule has 3 aromatic carbocycles. The molecule has 1 heterocycles. The molecule has 2 aliphatic rings. The number of alkyl halides is 5. The average molecular weight is 537 g/mol. The molecule has 0 amide bonds. The van der Waals surface area contributed by atoms with Crippen molar-refractivity contribution in [1.82, 2.24) is 0 Å². The Balaban J connectivity index is 1.21. The molecule has 38 heavy (non-hydrogen) atoms. The van der Waals surface area contributed by atoms with Gasteiger partial charge >= 0.3 is 12.5 Å². The largest absolute Gasteiger partial charge is 0.573 e. The molecule has 9 heteroatoms. The van der Waals surface area contributed by atoms with Gasteiger partial charge in [0.25, 0.3) is 0 Å². The topological polar surface area (TPSA) is 27.7 Å². The van der Waals surface area contributed by atoms with E-state index in [9.17, 15) is 26.3 Å². The molecule has 1 saturated carbocycles. The smallest absolute Gasteiger partial charge is 0.429 e. The molecule has 0 aromatic heterocycles. The third-order valence-corrected chi connectivity index (χ3v) is 7.34. The van der Waals surface area contributed by atoms with Gasteiger partial charge in [-0.15, -0.1) is 13.2 Å². The fourth-order valence-electron chi connectivity index (χ4n) is 5.02. The minimum atomic E-state index is -5.11. The quantitative estimate of drug-likeness (QED) is 0.283. The minimum Gasteiger partial charge on any atom is -0.429 e. The van der Waals surface area contributed by atoms with Crippen LogP contribution in [0.5, 0.6) is 11.5 Å². The minimum absolute atomic E-state index is 0.0671. The first-order valence-electron chi connectivity index (χ1n) is 12.5. The molecule has 0 radical (unpaired) electrons. The van der Waals surface area contributed by atoms with Crippen molar-refractivity contribution >= 4 is 0 Å². The van der Waals surface area contributed by atoms with E-state index in [2.05, 4.69) is 9.47 Å². The molecule has 2 unspecified atom stereocenters. The third kappa shape index (κ3) is 6.09. The van der Waals surface area contributed by atoms with Crippen LogP contribution < -0.4 is 9.47 Å². The molecule has 5 rings (SSSR count). The molecule has 0 bridgehead atoms. The van der Waals surface area contributed by atoms with Crippen molar-refractivity contribution in [2.75, 3.05) is 6.61 Å². The molecule has 3 aromatic rings. The van der Waals surface area contributed by atoms with Crippen LogP contribution in [0.25, 0.3) is 11.1 Å². The van der Waals surface area contributed by atoms with Crippen LogP contribution in [-0.4, -0.2) is 13.0 Å². The van der Waals surface area contributed by atoms with E-state index >= 15 is 0 Å². The summed E-state index contributed by atoms with van der Waals surface area (Å²) in [6.45, 7) is 0.799. The SMILES string of the molecule is Fc1cc(OC(F)(F)c2ccc(-c3ccc(C4CCC(C5CCC5)CO4)cc3)cc2)ccc1OC(F)(F)F. The van der Waals surface area contributed by atoms with Crippen molar-refractivity contribution in [3.8, 4) is 22.6 Å². The van der Waals surface area contributed by atoms with Crippen molar-refractivity contribution in [3.05, 3.63) is 83.7 Å². The second kappa shape index (κ2) is 10.5. The van der Waals surface area contributed by atoms with Crippen LogP contribution in [0.1, 0.15) is 49.3 Å². The maximum atomic E-state index is 14.7. The highest BCUT2D eigenvalue weighted by Crippen LogP contribution is 2.41. The zero-order valence-electron chi connectivity index (χ0n) is 20.3. The van der Waals surface area contributed by atoms with Crippen molar-refractivity contribution in [2.45, 2.75) is 50.7 Å². The maximum Gasteiger partial charge on any atom is 0.573 e. The number of benzene rings is 3. The first-order chi connectivity index (χ1) is 18.1. The van der Waals surface area contributed by atoms with Crippen molar-refractivity contribution in [1.29, 1.82) is 0 Å². The summed E-state index contributed by atoms with van der Waals surface area (Å²) >= 11 is 0. The zero-order chi connectivity index (χ0) is 26.9. The molecular formula is C29H26F6O3.